The number of phenolic OH excluding ortho intramolecular Hbond substituents is 2. The number of rotatable bonds is 10. The molecule has 0 bridgehead atoms. The SMILES string of the molecule is CC(C)(C)c1cc(-c2ccccc2OCCCOc2ccccc2-c2cc(C(C)(C)C)cc(-n3c4ccccc4c4ccccc43)c2O)c(O)c(-n2c3c(c4ccccc42)C=CCC3)c1. The zero-order valence-electron chi connectivity index (χ0n) is 38.2. The molecule has 0 radical (unpaired) electrons. The Morgan fingerprint density at radius 1 is 0.492 bits per heavy atom. The van der Waals surface area contributed by atoms with Gasteiger partial charge in [0.05, 0.1) is 41.1 Å². The summed E-state index contributed by atoms with van der Waals surface area (Å²) in [6.07, 6.45) is 6.94. The van der Waals surface area contributed by atoms with Crippen LogP contribution in [0.1, 0.15) is 76.8 Å². The van der Waals surface area contributed by atoms with E-state index in [0.29, 0.717) is 31.1 Å². The van der Waals surface area contributed by atoms with Gasteiger partial charge in [0.2, 0.25) is 0 Å². The summed E-state index contributed by atoms with van der Waals surface area (Å²) in [6.45, 7) is 14.1. The van der Waals surface area contributed by atoms with Crippen molar-refractivity contribution in [2.45, 2.75) is 71.6 Å². The summed E-state index contributed by atoms with van der Waals surface area (Å²) in [5, 5.41) is 28.2. The Hall–Kier alpha value is -7.18. The third-order valence-electron chi connectivity index (χ3n) is 13.0. The highest BCUT2D eigenvalue weighted by Gasteiger charge is 2.27. The predicted molar refractivity (Wildman–Crippen MR) is 269 cm³/mol. The van der Waals surface area contributed by atoms with Gasteiger partial charge in [-0.15, -0.1) is 0 Å². The molecule has 0 saturated heterocycles. The van der Waals surface area contributed by atoms with Gasteiger partial charge < -0.3 is 28.8 Å². The van der Waals surface area contributed by atoms with Gasteiger partial charge in [-0.1, -0.05) is 145 Å². The third-order valence-corrected chi connectivity index (χ3v) is 13.0. The molecule has 0 spiro atoms. The second kappa shape index (κ2) is 16.4. The molecule has 0 aliphatic heterocycles. The maximum Gasteiger partial charge on any atom is 0.147 e. The van der Waals surface area contributed by atoms with E-state index < -0.39 is 0 Å². The lowest BCUT2D eigenvalue weighted by molar-refractivity contribution is 0.248. The lowest BCUT2D eigenvalue weighted by atomic mass is 9.84. The molecule has 65 heavy (non-hydrogen) atoms. The van der Waals surface area contributed by atoms with Gasteiger partial charge in [0, 0.05) is 56.1 Å². The summed E-state index contributed by atoms with van der Waals surface area (Å²) in [7, 11) is 0. The molecule has 6 heteroatoms. The molecule has 9 aromatic rings. The van der Waals surface area contributed by atoms with Crippen LogP contribution < -0.4 is 9.47 Å². The van der Waals surface area contributed by atoms with Gasteiger partial charge >= 0.3 is 0 Å². The van der Waals surface area contributed by atoms with E-state index in [-0.39, 0.29) is 22.3 Å². The van der Waals surface area contributed by atoms with Gasteiger partial charge in [-0.05, 0) is 89.4 Å². The van der Waals surface area contributed by atoms with Crippen LogP contribution in [0.15, 0.2) is 152 Å². The van der Waals surface area contributed by atoms with E-state index in [1.165, 1.54) is 16.6 Å². The van der Waals surface area contributed by atoms with Crippen LogP contribution in [-0.4, -0.2) is 32.6 Å². The summed E-state index contributed by atoms with van der Waals surface area (Å²) in [4.78, 5) is 0. The molecule has 2 aromatic heterocycles. The third kappa shape index (κ3) is 7.51. The number of allylic oxidation sites excluding steroid dienone is 1. The van der Waals surface area contributed by atoms with Gasteiger partial charge in [0.1, 0.15) is 23.0 Å². The first-order chi connectivity index (χ1) is 31.4. The molecule has 0 amide bonds. The van der Waals surface area contributed by atoms with Crippen molar-refractivity contribution in [1.29, 1.82) is 0 Å². The van der Waals surface area contributed by atoms with Crippen molar-refractivity contribution in [3.63, 3.8) is 0 Å². The molecule has 1 aliphatic rings. The van der Waals surface area contributed by atoms with Crippen molar-refractivity contribution in [3.8, 4) is 56.6 Å². The first kappa shape index (κ1) is 41.8. The van der Waals surface area contributed by atoms with Crippen LogP contribution >= 0.6 is 0 Å². The van der Waals surface area contributed by atoms with E-state index in [9.17, 15) is 10.2 Å². The molecule has 10 rings (SSSR count). The Bertz CT molecular complexity index is 3240. The van der Waals surface area contributed by atoms with Crippen molar-refractivity contribution in [1.82, 2.24) is 9.13 Å². The summed E-state index contributed by atoms with van der Waals surface area (Å²) >= 11 is 0. The summed E-state index contributed by atoms with van der Waals surface area (Å²) < 4.78 is 17.6. The summed E-state index contributed by atoms with van der Waals surface area (Å²) in [5.41, 5.74) is 12.1. The highest BCUT2D eigenvalue weighted by Crippen LogP contribution is 2.47. The van der Waals surface area contributed by atoms with E-state index in [4.69, 9.17) is 9.47 Å². The normalized spacial score (nSPS) is 12.9. The Morgan fingerprint density at radius 2 is 0.923 bits per heavy atom. The Kier molecular flexibility index (Phi) is 10.6. The summed E-state index contributed by atoms with van der Waals surface area (Å²) in [6, 6.07) is 49.7. The van der Waals surface area contributed by atoms with E-state index in [0.717, 1.165) is 84.9 Å². The Labute approximate surface area is 381 Å². The van der Waals surface area contributed by atoms with E-state index in [1.807, 2.05) is 48.5 Å². The molecule has 0 saturated carbocycles. The van der Waals surface area contributed by atoms with E-state index >= 15 is 0 Å². The van der Waals surface area contributed by atoms with E-state index in [2.05, 4.69) is 160 Å². The largest absolute Gasteiger partial charge is 0.505 e. The first-order valence-corrected chi connectivity index (χ1v) is 22.9. The molecule has 6 nitrogen and oxygen atoms in total. The zero-order chi connectivity index (χ0) is 45.0. The molecule has 1 aliphatic carbocycles. The predicted octanol–water partition coefficient (Wildman–Crippen LogP) is 14.9. The Balaban J connectivity index is 0.941. The van der Waals surface area contributed by atoms with Gasteiger partial charge in [0.15, 0.2) is 0 Å². The number of ether oxygens (including phenoxy) is 2. The van der Waals surface area contributed by atoms with Crippen LogP contribution in [0, 0.1) is 0 Å². The van der Waals surface area contributed by atoms with Crippen molar-refractivity contribution >= 4 is 38.8 Å². The van der Waals surface area contributed by atoms with Crippen molar-refractivity contribution in [3.05, 3.63) is 174 Å². The number of aromatic hydroxyl groups is 2. The molecule has 0 unspecified atom stereocenters. The fraction of sp³-hybridized carbons (Fsp3) is 0.220. The van der Waals surface area contributed by atoms with Gasteiger partial charge in [-0.3, -0.25) is 0 Å². The smallest absolute Gasteiger partial charge is 0.147 e. The van der Waals surface area contributed by atoms with Crippen molar-refractivity contribution < 1.29 is 19.7 Å². The first-order valence-electron chi connectivity index (χ1n) is 22.9. The number of phenols is 2. The van der Waals surface area contributed by atoms with Crippen LogP contribution in [-0.2, 0) is 17.3 Å². The lowest BCUT2D eigenvalue weighted by Gasteiger charge is -2.25. The number of aromatic nitrogens is 2. The molecular weight excluding hydrogens is 801 g/mol. The van der Waals surface area contributed by atoms with Crippen LogP contribution in [0.4, 0.5) is 0 Å². The highest BCUT2D eigenvalue weighted by molar-refractivity contribution is 6.09. The highest BCUT2D eigenvalue weighted by atomic mass is 16.5. The van der Waals surface area contributed by atoms with E-state index in [1.54, 1.807) is 0 Å². The van der Waals surface area contributed by atoms with Crippen LogP contribution in [0.5, 0.6) is 23.0 Å². The minimum absolute atomic E-state index is 0.180. The maximum atomic E-state index is 12.4. The number of para-hydroxylation sites is 5. The molecule has 7 aromatic carbocycles. The molecule has 2 heterocycles. The number of nitrogens with zero attached hydrogens (tertiary/aromatic N) is 2. The summed E-state index contributed by atoms with van der Waals surface area (Å²) in [5.74, 6) is 1.81. The topological polar surface area (TPSA) is 68.8 Å². The van der Waals surface area contributed by atoms with Crippen LogP contribution in [0.3, 0.4) is 0 Å². The fourth-order valence-electron chi connectivity index (χ4n) is 9.54. The molecule has 326 valence electrons. The van der Waals surface area contributed by atoms with Crippen molar-refractivity contribution in [2.24, 2.45) is 0 Å². The van der Waals surface area contributed by atoms with Crippen molar-refractivity contribution in [2.75, 3.05) is 13.2 Å². The van der Waals surface area contributed by atoms with Crippen LogP contribution in [0.2, 0.25) is 0 Å². The fourth-order valence-corrected chi connectivity index (χ4v) is 9.54. The quantitative estimate of drug-likeness (QED) is 0.134. The second-order valence-corrected chi connectivity index (χ2v) is 19.3. The second-order valence-electron chi connectivity index (χ2n) is 19.3. The molecule has 2 N–H and O–H groups in total. The van der Waals surface area contributed by atoms with Gasteiger partial charge in [0.25, 0.3) is 0 Å². The zero-order valence-corrected chi connectivity index (χ0v) is 38.2. The Morgan fingerprint density at radius 3 is 1.43 bits per heavy atom. The van der Waals surface area contributed by atoms with Gasteiger partial charge in [-0.2, -0.15) is 0 Å². The molecule has 0 atom stereocenters. The minimum atomic E-state index is -0.195. The number of benzene rings is 7. The molecular formula is C59H56N2O4. The average molecular weight is 857 g/mol. The van der Waals surface area contributed by atoms with Gasteiger partial charge in [-0.25, -0.2) is 0 Å². The lowest BCUT2D eigenvalue weighted by Crippen LogP contribution is -2.13. The number of hydrogen-bond acceptors (Lipinski definition) is 4. The molecule has 0 fully saturated rings. The minimum Gasteiger partial charge on any atom is -0.505 e. The van der Waals surface area contributed by atoms with Crippen LogP contribution in [0.25, 0.3) is 72.4 Å². The number of fused-ring (bicyclic) bond motifs is 6. The number of hydrogen-bond donors (Lipinski definition) is 2. The monoisotopic (exact) mass is 856 g/mol. The maximum absolute atomic E-state index is 12.4. The standard InChI is InChI=1S/C59H56N2O4/c1-58(2,3)38-34-46(56(62)52(36-38)60-48-26-13-7-20-40(48)41-21-8-14-27-49(41)60)44-24-11-17-30-54(44)64-32-19-33-65-55-31-18-12-25-45(55)47-35-39(59(4,5)6)37-53(57(47)63)61-50-28-15-9-22-42(50)43-23-10-16-29-51(43)61/h7-15,17-18,20-28,30-31,34-37,62-63H,16,19,29,32-33H2,1-6H3. The average Bonchev–Trinajstić information content (AvgIpc) is 3.82.